The first-order valence-electron chi connectivity index (χ1n) is 9.57. The molecule has 27 heavy (non-hydrogen) atoms. The molecule has 4 nitrogen and oxygen atoms in total. The van der Waals surface area contributed by atoms with Crippen molar-refractivity contribution in [2.45, 2.75) is 44.4 Å². The molecule has 3 rings (SSSR count). The predicted molar refractivity (Wildman–Crippen MR) is 102 cm³/mol. The molecule has 150 valence electrons. The van der Waals surface area contributed by atoms with Crippen molar-refractivity contribution in [3.63, 3.8) is 0 Å². The standard InChI is InChI=1S/C19H25Cl2F2N3O/c20-16-11-15(12-17(21)25-16)19(22,23)14-5-3-13(4-6-14)18(27)24-7-10-26-8-1-2-9-26/h11-14H,1-10H2,(H,24,27). The van der Waals surface area contributed by atoms with Crippen LogP contribution in [0.4, 0.5) is 8.78 Å². The van der Waals surface area contributed by atoms with Gasteiger partial charge in [0, 0.05) is 30.5 Å². The van der Waals surface area contributed by atoms with Gasteiger partial charge in [0.15, 0.2) is 0 Å². The molecule has 1 amide bonds. The van der Waals surface area contributed by atoms with Gasteiger partial charge in [0.25, 0.3) is 5.92 Å². The molecule has 1 saturated heterocycles. The van der Waals surface area contributed by atoms with Crippen molar-refractivity contribution in [1.82, 2.24) is 15.2 Å². The zero-order valence-corrected chi connectivity index (χ0v) is 16.7. The van der Waals surface area contributed by atoms with Gasteiger partial charge in [-0.15, -0.1) is 0 Å². The number of aromatic nitrogens is 1. The Hall–Kier alpha value is -0.980. The third-order valence-electron chi connectivity index (χ3n) is 5.68. The number of hydrogen-bond donors (Lipinski definition) is 1. The highest BCUT2D eigenvalue weighted by molar-refractivity contribution is 6.32. The highest BCUT2D eigenvalue weighted by Gasteiger charge is 2.44. The van der Waals surface area contributed by atoms with Gasteiger partial charge in [0.05, 0.1) is 0 Å². The second-order valence-corrected chi connectivity index (χ2v) is 8.29. The fourth-order valence-corrected chi connectivity index (χ4v) is 4.56. The minimum Gasteiger partial charge on any atom is -0.355 e. The van der Waals surface area contributed by atoms with E-state index in [-0.39, 0.29) is 27.7 Å². The summed E-state index contributed by atoms with van der Waals surface area (Å²) in [5, 5.41) is 2.89. The number of halogens is 4. The van der Waals surface area contributed by atoms with Crippen LogP contribution >= 0.6 is 23.2 Å². The Morgan fingerprint density at radius 3 is 2.33 bits per heavy atom. The van der Waals surface area contributed by atoms with E-state index in [1.807, 2.05) is 0 Å². The summed E-state index contributed by atoms with van der Waals surface area (Å²) in [5.74, 6) is -4.04. The summed E-state index contributed by atoms with van der Waals surface area (Å²) in [4.78, 5) is 18.4. The van der Waals surface area contributed by atoms with Gasteiger partial charge in [-0.2, -0.15) is 0 Å². The minimum atomic E-state index is -3.03. The van der Waals surface area contributed by atoms with Crippen LogP contribution in [0.25, 0.3) is 0 Å². The number of nitrogens with zero attached hydrogens (tertiary/aromatic N) is 2. The van der Waals surface area contributed by atoms with Crippen molar-refractivity contribution >= 4 is 29.1 Å². The highest BCUT2D eigenvalue weighted by Crippen LogP contribution is 2.45. The topological polar surface area (TPSA) is 45.2 Å². The number of alkyl halides is 2. The average molecular weight is 420 g/mol. The third-order valence-corrected chi connectivity index (χ3v) is 6.07. The fourth-order valence-electron chi connectivity index (χ4n) is 4.10. The zero-order valence-electron chi connectivity index (χ0n) is 15.2. The summed E-state index contributed by atoms with van der Waals surface area (Å²) in [7, 11) is 0. The number of hydrogen-bond acceptors (Lipinski definition) is 3. The van der Waals surface area contributed by atoms with Crippen molar-refractivity contribution in [3.8, 4) is 0 Å². The second kappa shape index (κ2) is 9.01. The first-order chi connectivity index (χ1) is 12.9. The van der Waals surface area contributed by atoms with Crippen molar-refractivity contribution in [2.24, 2.45) is 11.8 Å². The van der Waals surface area contributed by atoms with E-state index in [1.165, 1.54) is 25.0 Å². The van der Waals surface area contributed by atoms with E-state index >= 15 is 0 Å². The van der Waals surface area contributed by atoms with Gasteiger partial charge in [0.1, 0.15) is 10.3 Å². The molecular weight excluding hydrogens is 395 g/mol. The van der Waals surface area contributed by atoms with Gasteiger partial charge in [-0.1, -0.05) is 23.2 Å². The van der Waals surface area contributed by atoms with Crippen molar-refractivity contribution in [2.75, 3.05) is 26.2 Å². The molecule has 8 heteroatoms. The van der Waals surface area contributed by atoms with Gasteiger partial charge >= 0.3 is 0 Å². The fraction of sp³-hybridized carbons (Fsp3) is 0.684. The van der Waals surface area contributed by atoms with Gasteiger partial charge in [-0.25, -0.2) is 13.8 Å². The number of amides is 1. The van der Waals surface area contributed by atoms with Crippen LogP contribution in [-0.2, 0) is 10.7 Å². The number of pyridine rings is 1. The molecule has 1 aliphatic heterocycles. The van der Waals surface area contributed by atoms with E-state index in [2.05, 4.69) is 15.2 Å². The summed E-state index contributed by atoms with van der Waals surface area (Å²) >= 11 is 11.5. The highest BCUT2D eigenvalue weighted by atomic mass is 35.5. The molecule has 2 heterocycles. The zero-order chi connectivity index (χ0) is 19.4. The average Bonchev–Trinajstić information content (AvgIpc) is 3.14. The van der Waals surface area contributed by atoms with Gasteiger partial charge in [-0.3, -0.25) is 4.79 Å². The lowest BCUT2D eigenvalue weighted by Crippen LogP contribution is -2.39. The van der Waals surface area contributed by atoms with Crippen LogP contribution in [0.5, 0.6) is 0 Å². The summed E-state index contributed by atoms with van der Waals surface area (Å²) in [5.41, 5.74) is -0.203. The molecule has 1 aromatic rings. The monoisotopic (exact) mass is 419 g/mol. The summed E-state index contributed by atoms with van der Waals surface area (Å²) in [6.07, 6.45) is 3.99. The Morgan fingerprint density at radius 2 is 1.74 bits per heavy atom. The lowest BCUT2D eigenvalue weighted by molar-refractivity contribution is -0.129. The molecule has 0 spiro atoms. The van der Waals surface area contributed by atoms with Crippen LogP contribution in [0.2, 0.25) is 10.3 Å². The number of nitrogens with one attached hydrogen (secondary N) is 1. The van der Waals surface area contributed by atoms with E-state index in [9.17, 15) is 13.6 Å². The van der Waals surface area contributed by atoms with E-state index in [4.69, 9.17) is 23.2 Å². The van der Waals surface area contributed by atoms with Crippen molar-refractivity contribution in [1.29, 1.82) is 0 Å². The molecule has 1 N–H and O–H groups in total. The van der Waals surface area contributed by atoms with Crippen LogP contribution in [0.15, 0.2) is 12.1 Å². The third kappa shape index (κ3) is 5.30. The summed E-state index contributed by atoms with van der Waals surface area (Å²) in [6.45, 7) is 3.68. The molecule has 1 saturated carbocycles. The van der Waals surface area contributed by atoms with E-state index < -0.39 is 11.8 Å². The molecule has 0 bridgehead atoms. The predicted octanol–water partition coefficient (Wildman–Crippen LogP) is 4.50. The van der Waals surface area contributed by atoms with Crippen LogP contribution in [0.1, 0.15) is 44.1 Å². The molecule has 0 aromatic carbocycles. The molecule has 2 aliphatic rings. The first-order valence-corrected chi connectivity index (χ1v) is 10.3. The van der Waals surface area contributed by atoms with E-state index in [0.29, 0.717) is 32.2 Å². The number of rotatable bonds is 6. The summed E-state index contributed by atoms with van der Waals surface area (Å²) < 4.78 is 29.7. The SMILES string of the molecule is O=C(NCCN1CCCC1)C1CCC(C(F)(F)c2cc(Cl)nc(Cl)c2)CC1. The smallest absolute Gasteiger partial charge is 0.276 e. The van der Waals surface area contributed by atoms with E-state index in [0.717, 1.165) is 19.6 Å². The molecule has 2 fully saturated rings. The lowest BCUT2D eigenvalue weighted by Gasteiger charge is -2.33. The lowest BCUT2D eigenvalue weighted by atomic mass is 9.77. The quantitative estimate of drug-likeness (QED) is 0.690. The Morgan fingerprint density at radius 1 is 1.15 bits per heavy atom. The maximum absolute atomic E-state index is 14.9. The molecule has 0 unspecified atom stereocenters. The van der Waals surface area contributed by atoms with Crippen molar-refractivity contribution < 1.29 is 13.6 Å². The molecule has 0 atom stereocenters. The Labute approximate surface area is 168 Å². The Bertz CT molecular complexity index is 640. The van der Waals surface area contributed by atoms with Crippen LogP contribution < -0.4 is 5.32 Å². The maximum atomic E-state index is 14.9. The number of likely N-dealkylation sites (tertiary alicyclic amines) is 1. The Balaban J connectivity index is 1.49. The minimum absolute atomic E-state index is 0.00837. The molecule has 0 radical (unpaired) electrons. The molecule has 1 aromatic heterocycles. The maximum Gasteiger partial charge on any atom is 0.276 e. The van der Waals surface area contributed by atoms with Crippen LogP contribution in [-0.4, -0.2) is 42.0 Å². The largest absolute Gasteiger partial charge is 0.355 e. The summed E-state index contributed by atoms with van der Waals surface area (Å²) in [6, 6.07) is 2.34. The molecule has 1 aliphatic carbocycles. The van der Waals surface area contributed by atoms with E-state index in [1.54, 1.807) is 0 Å². The van der Waals surface area contributed by atoms with Gasteiger partial charge < -0.3 is 10.2 Å². The number of carbonyl (C=O) groups is 1. The first kappa shape index (κ1) is 20.7. The van der Waals surface area contributed by atoms with Gasteiger partial charge in [-0.05, 0) is 63.7 Å². The van der Waals surface area contributed by atoms with Crippen LogP contribution in [0.3, 0.4) is 0 Å². The van der Waals surface area contributed by atoms with Crippen molar-refractivity contribution in [3.05, 3.63) is 28.0 Å². The van der Waals surface area contributed by atoms with Crippen LogP contribution in [0, 0.1) is 11.8 Å². The number of carbonyl (C=O) groups excluding carboxylic acids is 1. The normalized spacial score (nSPS) is 24.1. The molecular formula is C19H25Cl2F2N3O. The Kier molecular flexibility index (Phi) is 6.93. The second-order valence-electron chi connectivity index (χ2n) is 7.51. The van der Waals surface area contributed by atoms with Gasteiger partial charge in [0.2, 0.25) is 5.91 Å².